The van der Waals surface area contributed by atoms with Gasteiger partial charge >= 0.3 is 11.0 Å². The Kier molecular flexibility index (Phi) is 5.88. The van der Waals surface area contributed by atoms with E-state index in [1.54, 1.807) is 0 Å². The highest BCUT2D eigenvalue weighted by Crippen LogP contribution is 2.41. The molecule has 0 atom stereocenters. The molecule has 2 heterocycles. The number of sulfonamides is 1. The Morgan fingerprint density at radius 3 is 2.30 bits per heavy atom. The van der Waals surface area contributed by atoms with E-state index in [9.17, 15) is 36.5 Å². The minimum Gasteiger partial charge on any atom is -0.363 e. The molecule has 0 bridgehead atoms. The Balaban J connectivity index is 1.88. The van der Waals surface area contributed by atoms with Crippen LogP contribution in [0.5, 0.6) is 0 Å². The number of nitrogens with one attached hydrogen (secondary N) is 1. The van der Waals surface area contributed by atoms with Crippen LogP contribution in [-0.2, 0) is 16.2 Å². The summed E-state index contributed by atoms with van der Waals surface area (Å²) in [6, 6.07) is 1.25. The van der Waals surface area contributed by atoms with Gasteiger partial charge in [-0.1, -0.05) is 22.9 Å². The number of aromatic nitrogens is 1. The first kappa shape index (κ1) is 22.5. The van der Waals surface area contributed by atoms with Gasteiger partial charge in [0.25, 0.3) is 15.7 Å². The highest BCUT2D eigenvalue weighted by molar-refractivity contribution is 7.91. The fourth-order valence-electron chi connectivity index (χ4n) is 3.09. The third-order valence-corrected chi connectivity index (χ3v) is 8.29. The van der Waals surface area contributed by atoms with Gasteiger partial charge in [0.05, 0.1) is 15.5 Å². The van der Waals surface area contributed by atoms with Gasteiger partial charge in [0, 0.05) is 37.9 Å². The van der Waals surface area contributed by atoms with Crippen molar-refractivity contribution in [1.29, 1.82) is 0 Å². The van der Waals surface area contributed by atoms with Crippen LogP contribution in [0.3, 0.4) is 0 Å². The Labute approximate surface area is 176 Å². The molecular weight excluding hydrogens is 473 g/mol. The zero-order valence-corrected chi connectivity index (χ0v) is 17.6. The summed E-state index contributed by atoms with van der Waals surface area (Å²) in [7, 11) is -3.95. The summed E-state index contributed by atoms with van der Waals surface area (Å²) in [4.78, 5) is 25.1. The van der Waals surface area contributed by atoms with Crippen molar-refractivity contribution in [1.82, 2.24) is 9.29 Å². The molecule has 1 N–H and O–H groups in total. The standard InChI is InChI=1S/C15H14ClF3N4O5S2/c1-8-13(29-14(24)20-8)30(27,28)22-4-2-21(3-5-22)11-7-10(16)9(15(17,18)19)6-12(11)23(25)26/h6-7H,2-5H2,1H3,(H,20,24). The molecule has 0 unspecified atom stereocenters. The Hall–Kier alpha value is -2.16. The molecule has 30 heavy (non-hydrogen) atoms. The van der Waals surface area contributed by atoms with Gasteiger partial charge in [-0.15, -0.1) is 0 Å². The van der Waals surface area contributed by atoms with Gasteiger partial charge in [-0.05, 0) is 13.0 Å². The predicted octanol–water partition coefficient (Wildman–Crippen LogP) is 2.84. The first-order valence-corrected chi connectivity index (χ1v) is 11.0. The second-order valence-electron chi connectivity index (χ2n) is 6.39. The van der Waals surface area contributed by atoms with E-state index < -0.39 is 42.3 Å². The number of anilines is 1. The zero-order chi connectivity index (χ0) is 22.4. The maximum atomic E-state index is 13.0. The second kappa shape index (κ2) is 7.83. The van der Waals surface area contributed by atoms with Gasteiger partial charge in [0.15, 0.2) is 4.21 Å². The summed E-state index contributed by atoms with van der Waals surface area (Å²) in [6.07, 6.45) is -4.86. The average Bonchev–Trinajstić information content (AvgIpc) is 2.99. The van der Waals surface area contributed by atoms with Crippen molar-refractivity contribution in [2.45, 2.75) is 17.3 Å². The van der Waals surface area contributed by atoms with Gasteiger partial charge in [-0.2, -0.15) is 17.5 Å². The molecule has 0 aliphatic carbocycles. The Bertz CT molecular complexity index is 1150. The predicted molar refractivity (Wildman–Crippen MR) is 104 cm³/mol. The molecule has 1 aliphatic heterocycles. The van der Waals surface area contributed by atoms with Crippen molar-refractivity contribution < 1.29 is 26.5 Å². The lowest BCUT2D eigenvalue weighted by Gasteiger charge is -2.35. The maximum Gasteiger partial charge on any atom is 0.418 e. The molecule has 0 spiro atoms. The van der Waals surface area contributed by atoms with Crippen molar-refractivity contribution in [2.75, 3.05) is 31.1 Å². The van der Waals surface area contributed by atoms with Crippen LogP contribution in [0.15, 0.2) is 21.1 Å². The van der Waals surface area contributed by atoms with Crippen LogP contribution in [0.25, 0.3) is 0 Å². The van der Waals surface area contributed by atoms with Crippen LogP contribution in [0.2, 0.25) is 5.02 Å². The molecule has 0 saturated carbocycles. The number of nitrogens with zero attached hydrogens (tertiary/aromatic N) is 3. The van der Waals surface area contributed by atoms with Gasteiger partial charge in [-0.3, -0.25) is 14.9 Å². The van der Waals surface area contributed by atoms with Gasteiger partial charge in [-0.25, -0.2) is 8.42 Å². The molecule has 164 valence electrons. The third-order valence-electron chi connectivity index (χ3n) is 4.50. The van der Waals surface area contributed by atoms with Gasteiger partial charge < -0.3 is 9.88 Å². The molecule has 1 saturated heterocycles. The van der Waals surface area contributed by atoms with E-state index in [0.29, 0.717) is 17.4 Å². The molecular formula is C15H14ClF3N4O5S2. The lowest BCUT2D eigenvalue weighted by Crippen LogP contribution is -2.48. The monoisotopic (exact) mass is 486 g/mol. The number of thiazole rings is 1. The van der Waals surface area contributed by atoms with Crippen LogP contribution in [0.1, 0.15) is 11.3 Å². The number of nitro groups is 1. The van der Waals surface area contributed by atoms with Gasteiger partial charge in [0.2, 0.25) is 0 Å². The van der Waals surface area contributed by atoms with E-state index in [4.69, 9.17) is 11.6 Å². The van der Waals surface area contributed by atoms with E-state index in [0.717, 1.165) is 10.4 Å². The van der Waals surface area contributed by atoms with E-state index >= 15 is 0 Å². The number of hydrogen-bond acceptors (Lipinski definition) is 7. The van der Waals surface area contributed by atoms with Crippen LogP contribution >= 0.6 is 22.9 Å². The number of H-pyrrole nitrogens is 1. The van der Waals surface area contributed by atoms with Crippen LogP contribution < -0.4 is 9.77 Å². The van der Waals surface area contributed by atoms with Crippen molar-refractivity contribution in [3.63, 3.8) is 0 Å². The topological polar surface area (TPSA) is 117 Å². The molecule has 3 rings (SSSR count). The Morgan fingerprint density at radius 1 is 1.23 bits per heavy atom. The molecule has 1 aromatic carbocycles. The largest absolute Gasteiger partial charge is 0.418 e. The number of hydrogen-bond donors (Lipinski definition) is 1. The average molecular weight is 487 g/mol. The number of alkyl halides is 3. The van der Waals surface area contributed by atoms with E-state index in [2.05, 4.69) is 4.98 Å². The van der Waals surface area contributed by atoms with Crippen molar-refractivity contribution >= 4 is 44.3 Å². The molecule has 1 fully saturated rings. The number of aryl methyl sites for hydroxylation is 1. The number of piperazine rings is 1. The third kappa shape index (κ3) is 4.17. The maximum absolute atomic E-state index is 13.0. The van der Waals surface area contributed by atoms with Crippen molar-refractivity contribution in [2.24, 2.45) is 0 Å². The molecule has 2 aromatic rings. The molecule has 0 radical (unpaired) electrons. The zero-order valence-electron chi connectivity index (χ0n) is 15.2. The van der Waals surface area contributed by atoms with E-state index in [-0.39, 0.29) is 41.8 Å². The van der Waals surface area contributed by atoms with Crippen LogP contribution in [-0.4, -0.2) is 48.8 Å². The molecule has 1 aromatic heterocycles. The SMILES string of the molecule is Cc1[nH]c(=O)sc1S(=O)(=O)N1CCN(c2cc(Cl)c(C(F)(F)F)cc2[N+](=O)[O-])CC1. The number of benzene rings is 1. The highest BCUT2D eigenvalue weighted by atomic mass is 35.5. The summed E-state index contributed by atoms with van der Waals surface area (Å²) in [5.41, 5.74) is -2.02. The molecule has 0 amide bonds. The minimum absolute atomic E-state index is 0.0138. The van der Waals surface area contributed by atoms with E-state index in [1.165, 1.54) is 11.8 Å². The quantitative estimate of drug-likeness (QED) is 0.524. The highest BCUT2D eigenvalue weighted by Gasteiger charge is 2.38. The molecule has 15 heteroatoms. The van der Waals surface area contributed by atoms with Crippen LogP contribution in [0.4, 0.5) is 24.5 Å². The number of halogens is 4. The fraction of sp³-hybridized carbons (Fsp3) is 0.400. The van der Waals surface area contributed by atoms with Crippen LogP contribution in [0, 0.1) is 17.0 Å². The number of aromatic amines is 1. The summed E-state index contributed by atoms with van der Waals surface area (Å²) >= 11 is 6.26. The fourth-order valence-corrected chi connectivity index (χ4v) is 6.21. The Morgan fingerprint density at radius 2 is 1.83 bits per heavy atom. The van der Waals surface area contributed by atoms with Crippen molar-refractivity contribution in [3.8, 4) is 0 Å². The lowest BCUT2D eigenvalue weighted by atomic mass is 10.1. The first-order chi connectivity index (χ1) is 13.8. The summed E-state index contributed by atoms with van der Waals surface area (Å²) < 4.78 is 65.6. The van der Waals surface area contributed by atoms with Gasteiger partial charge in [0.1, 0.15) is 5.69 Å². The normalized spacial score (nSPS) is 16.1. The number of rotatable bonds is 4. The summed E-state index contributed by atoms with van der Waals surface area (Å²) in [5, 5.41) is 10.6. The summed E-state index contributed by atoms with van der Waals surface area (Å²) in [6.45, 7) is 1.27. The van der Waals surface area contributed by atoms with Crippen molar-refractivity contribution in [3.05, 3.63) is 48.2 Å². The second-order valence-corrected chi connectivity index (χ2v) is 9.92. The number of nitro benzene ring substituents is 1. The molecule has 9 nitrogen and oxygen atoms in total. The first-order valence-electron chi connectivity index (χ1n) is 8.32. The molecule has 1 aliphatic rings. The smallest absolute Gasteiger partial charge is 0.363 e. The summed E-state index contributed by atoms with van der Waals surface area (Å²) in [5.74, 6) is 0. The minimum atomic E-state index is -4.86. The van der Waals surface area contributed by atoms with E-state index in [1.807, 2.05) is 0 Å². The lowest BCUT2D eigenvalue weighted by molar-refractivity contribution is -0.384.